The van der Waals surface area contributed by atoms with Crippen molar-refractivity contribution in [1.82, 2.24) is 15.6 Å². The zero-order chi connectivity index (χ0) is 25.7. The normalized spacial score (nSPS) is 16.2. The zero-order valence-corrected chi connectivity index (χ0v) is 21.7. The second kappa shape index (κ2) is 11.0. The minimum absolute atomic E-state index is 0.205. The highest BCUT2D eigenvalue weighted by molar-refractivity contribution is 8.03. The van der Waals surface area contributed by atoms with Crippen LogP contribution < -0.4 is 15.4 Å². The third-order valence-electron chi connectivity index (χ3n) is 5.68. The number of rotatable bonds is 7. The van der Waals surface area contributed by atoms with Gasteiger partial charge < -0.3 is 20.1 Å². The van der Waals surface area contributed by atoms with Crippen molar-refractivity contribution in [2.24, 2.45) is 0 Å². The number of ether oxygens (including phenoxy) is 2. The van der Waals surface area contributed by atoms with Crippen molar-refractivity contribution in [3.8, 4) is 5.75 Å². The van der Waals surface area contributed by atoms with Gasteiger partial charge in [0.15, 0.2) is 0 Å². The molecule has 0 radical (unpaired) electrons. The van der Waals surface area contributed by atoms with E-state index in [1.165, 1.54) is 5.56 Å². The number of carbonyl (C=O) groups excluding carboxylic acids is 2. The molecule has 4 rings (SSSR count). The summed E-state index contributed by atoms with van der Waals surface area (Å²) in [7, 11) is 1.60. The number of nitrogens with one attached hydrogen (secondary N) is 2. The Balaban J connectivity index is 1.43. The van der Waals surface area contributed by atoms with Crippen molar-refractivity contribution in [3.63, 3.8) is 0 Å². The van der Waals surface area contributed by atoms with Crippen LogP contribution in [-0.4, -0.2) is 35.7 Å². The lowest BCUT2D eigenvalue weighted by atomic mass is 10.0. The van der Waals surface area contributed by atoms with Gasteiger partial charge in [-0.3, -0.25) is 9.78 Å². The molecule has 1 unspecified atom stereocenters. The number of allylic oxidation sites excluding steroid dienone is 1. The lowest BCUT2D eigenvalue weighted by molar-refractivity contribution is -0.122. The van der Waals surface area contributed by atoms with Gasteiger partial charge in [-0.05, 0) is 68.0 Å². The zero-order valence-electron chi connectivity index (χ0n) is 20.9. The van der Waals surface area contributed by atoms with Gasteiger partial charge in [-0.15, -0.1) is 11.8 Å². The molecule has 0 saturated carbocycles. The largest absolute Gasteiger partial charge is 0.497 e. The second-order valence-corrected chi connectivity index (χ2v) is 10.9. The van der Waals surface area contributed by atoms with E-state index in [1.807, 2.05) is 42.6 Å². The van der Waals surface area contributed by atoms with Crippen molar-refractivity contribution in [2.75, 3.05) is 7.11 Å². The fraction of sp³-hybridized carbons (Fsp3) is 0.321. The molecule has 3 aromatic rings. The van der Waals surface area contributed by atoms with E-state index in [9.17, 15) is 9.59 Å². The molecule has 188 valence electrons. The van der Waals surface area contributed by atoms with Crippen LogP contribution in [0.4, 0.5) is 4.79 Å². The molecule has 36 heavy (non-hydrogen) atoms. The van der Waals surface area contributed by atoms with Crippen molar-refractivity contribution in [1.29, 1.82) is 0 Å². The number of pyridine rings is 1. The van der Waals surface area contributed by atoms with Gasteiger partial charge in [-0.2, -0.15) is 0 Å². The quantitative estimate of drug-likeness (QED) is 0.440. The van der Waals surface area contributed by atoms with E-state index >= 15 is 0 Å². The molecule has 2 atom stereocenters. The minimum atomic E-state index is -0.804. The van der Waals surface area contributed by atoms with E-state index in [0.717, 1.165) is 33.5 Å². The molecule has 1 aliphatic rings. The Kier molecular flexibility index (Phi) is 7.84. The average Bonchev–Trinajstić information content (AvgIpc) is 3.31. The number of hydrogen-bond donors (Lipinski definition) is 2. The van der Waals surface area contributed by atoms with Crippen LogP contribution in [0.1, 0.15) is 43.6 Å². The molecule has 2 N–H and O–H groups in total. The monoisotopic (exact) mass is 505 g/mol. The number of carbonyl (C=O) groups is 2. The standard InChI is InChI=1S/C28H31N3O4S/c1-28(2,3)35-27(33)30-23(15-18-5-9-22(34-4)10-6-18)26(32)31-25-12-11-24(36-25)20-7-8-21-17-29-14-13-19(21)16-20/h5-10,12-14,16-17,23-24H,11,15H2,1-4H3,(H,30,33)(H,31,32)/t23-,24?/m0/s1. The summed E-state index contributed by atoms with van der Waals surface area (Å²) in [6, 6.07) is 15.0. The third kappa shape index (κ3) is 6.79. The van der Waals surface area contributed by atoms with Crippen LogP contribution in [0.5, 0.6) is 5.75 Å². The van der Waals surface area contributed by atoms with Crippen LogP contribution in [0.3, 0.4) is 0 Å². The van der Waals surface area contributed by atoms with Gasteiger partial charge in [-0.1, -0.05) is 30.3 Å². The molecule has 0 aliphatic carbocycles. The number of methoxy groups -OCH3 is 1. The lowest BCUT2D eigenvalue weighted by Gasteiger charge is -2.23. The van der Waals surface area contributed by atoms with E-state index in [0.29, 0.717) is 6.42 Å². The Morgan fingerprint density at radius 1 is 1.11 bits per heavy atom. The summed E-state index contributed by atoms with van der Waals surface area (Å²) in [5.74, 6) is 0.434. The number of benzene rings is 2. The SMILES string of the molecule is COc1ccc(C[C@H](NC(=O)OC(C)(C)C)C(=O)NC2=CCC(c3ccc4cnccc4c3)S2)cc1. The maximum absolute atomic E-state index is 13.3. The summed E-state index contributed by atoms with van der Waals surface area (Å²) < 4.78 is 10.6. The number of nitrogens with zero attached hydrogens (tertiary/aromatic N) is 1. The molecule has 2 heterocycles. The molecule has 2 amide bonds. The van der Waals surface area contributed by atoms with Crippen LogP contribution in [-0.2, 0) is 16.0 Å². The number of hydrogen-bond acceptors (Lipinski definition) is 6. The maximum atomic E-state index is 13.3. The first-order chi connectivity index (χ1) is 17.2. The summed E-state index contributed by atoms with van der Waals surface area (Å²) in [5.41, 5.74) is 1.42. The highest BCUT2D eigenvalue weighted by Crippen LogP contribution is 2.43. The van der Waals surface area contributed by atoms with Crippen molar-refractivity contribution in [2.45, 2.75) is 50.5 Å². The van der Waals surface area contributed by atoms with E-state index in [-0.39, 0.29) is 11.2 Å². The number of fused-ring (bicyclic) bond motifs is 1. The molecule has 1 aliphatic heterocycles. The van der Waals surface area contributed by atoms with Crippen LogP contribution >= 0.6 is 11.8 Å². The summed E-state index contributed by atoms with van der Waals surface area (Å²) >= 11 is 1.61. The van der Waals surface area contributed by atoms with Gasteiger partial charge in [0.2, 0.25) is 5.91 Å². The molecule has 2 aromatic carbocycles. The van der Waals surface area contributed by atoms with E-state index in [4.69, 9.17) is 9.47 Å². The summed E-state index contributed by atoms with van der Waals surface area (Å²) in [4.78, 5) is 29.9. The lowest BCUT2D eigenvalue weighted by Crippen LogP contribution is -2.48. The van der Waals surface area contributed by atoms with Crippen LogP contribution in [0.15, 0.2) is 72.0 Å². The first kappa shape index (κ1) is 25.6. The first-order valence-corrected chi connectivity index (χ1v) is 12.7. The second-order valence-electron chi connectivity index (χ2n) is 9.63. The average molecular weight is 506 g/mol. The Hall–Kier alpha value is -3.52. The van der Waals surface area contributed by atoms with Crippen molar-refractivity contribution >= 4 is 34.5 Å². The minimum Gasteiger partial charge on any atom is -0.497 e. The summed E-state index contributed by atoms with van der Waals surface area (Å²) in [5, 5.41) is 8.97. The van der Waals surface area contributed by atoms with Gasteiger partial charge in [0.05, 0.1) is 12.1 Å². The van der Waals surface area contributed by atoms with Gasteiger partial charge >= 0.3 is 6.09 Å². The molecule has 8 heteroatoms. The number of aromatic nitrogens is 1. The fourth-order valence-electron chi connectivity index (χ4n) is 3.92. The molecule has 1 aromatic heterocycles. The van der Waals surface area contributed by atoms with Crippen LogP contribution in [0.2, 0.25) is 0 Å². The highest BCUT2D eigenvalue weighted by atomic mass is 32.2. The van der Waals surface area contributed by atoms with Crippen molar-refractivity contribution in [3.05, 3.63) is 83.2 Å². The Labute approximate surface area is 215 Å². The van der Waals surface area contributed by atoms with E-state index in [1.54, 1.807) is 45.8 Å². The predicted molar refractivity (Wildman–Crippen MR) is 143 cm³/mol. The van der Waals surface area contributed by atoms with Gasteiger partial charge in [0.25, 0.3) is 0 Å². The Morgan fingerprint density at radius 3 is 2.61 bits per heavy atom. The smallest absolute Gasteiger partial charge is 0.408 e. The third-order valence-corrected chi connectivity index (χ3v) is 6.95. The number of alkyl carbamates (subject to hydrolysis) is 1. The summed E-state index contributed by atoms with van der Waals surface area (Å²) in [6.07, 6.45) is 6.16. The first-order valence-electron chi connectivity index (χ1n) is 11.8. The van der Waals surface area contributed by atoms with Crippen molar-refractivity contribution < 1.29 is 19.1 Å². The van der Waals surface area contributed by atoms with Crippen LogP contribution in [0, 0.1) is 0 Å². The number of thioether (sulfide) groups is 1. The molecule has 0 saturated heterocycles. The van der Waals surface area contributed by atoms with Gasteiger partial charge in [0, 0.05) is 29.5 Å². The number of amides is 2. The van der Waals surface area contributed by atoms with Gasteiger partial charge in [0.1, 0.15) is 17.4 Å². The van der Waals surface area contributed by atoms with Crippen LogP contribution in [0.25, 0.3) is 10.8 Å². The van der Waals surface area contributed by atoms with Gasteiger partial charge in [-0.25, -0.2) is 4.79 Å². The molecule has 7 nitrogen and oxygen atoms in total. The molecular formula is C28H31N3O4S. The summed E-state index contributed by atoms with van der Waals surface area (Å²) in [6.45, 7) is 5.36. The Morgan fingerprint density at radius 2 is 1.89 bits per heavy atom. The fourth-order valence-corrected chi connectivity index (χ4v) is 5.05. The molecule has 0 fully saturated rings. The highest BCUT2D eigenvalue weighted by Gasteiger charge is 2.28. The topological polar surface area (TPSA) is 89.5 Å². The molecular weight excluding hydrogens is 474 g/mol. The molecule has 0 spiro atoms. The Bertz CT molecular complexity index is 1270. The maximum Gasteiger partial charge on any atom is 0.408 e. The van der Waals surface area contributed by atoms with E-state index < -0.39 is 17.7 Å². The molecule has 0 bridgehead atoms. The predicted octanol–water partition coefficient (Wildman–Crippen LogP) is 5.52. The van der Waals surface area contributed by atoms with E-state index in [2.05, 4.69) is 33.8 Å².